The first-order chi connectivity index (χ1) is 10.9. The van der Waals surface area contributed by atoms with Crippen LogP contribution in [0.15, 0.2) is 29.2 Å². The van der Waals surface area contributed by atoms with Gasteiger partial charge in [0.05, 0.1) is 4.90 Å². The Hall–Kier alpha value is -1.44. The Balaban J connectivity index is 2.05. The van der Waals surface area contributed by atoms with E-state index in [0.29, 0.717) is 24.4 Å². The summed E-state index contributed by atoms with van der Waals surface area (Å²) >= 11 is 0. The number of sulfonamides is 1. The average Bonchev–Trinajstić information content (AvgIpc) is 3.36. The minimum absolute atomic E-state index is 0.00187. The van der Waals surface area contributed by atoms with Gasteiger partial charge in [0, 0.05) is 24.2 Å². The monoisotopic (exact) mass is 339 g/mol. The molecule has 0 radical (unpaired) electrons. The molecule has 0 bridgehead atoms. The van der Waals surface area contributed by atoms with Crippen LogP contribution in [0.4, 0.5) is 0 Å². The van der Waals surface area contributed by atoms with Crippen LogP contribution < -0.4 is 15.8 Å². The third kappa shape index (κ3) is 4.76. The highest BCUT2D eigenvalue weighted by molar-refractivity contribution is 7.89. The lowest BCUT2D eigenvalue weighted by atomic mass is 10.1. The van der Waals surface area contributed by atoms with E-state index in [0.717, 1.165) is 12.8 Å². The fourth-order valence-corrected chi connectivity index (χ4v) is 3.65. The largest absolute Gasteiger partial charge is 0.348 e. The summed E-state index contributed by atoms with van der Waals surface area (Å²) in [4.78, 5) is 12.4. The van der Waals surface area contributed by atoms with Crippen LogP contribution in [0.1, 0.15) is 43.5 Å². The maximum absolute atomic E-state index is 12.2. The van der Waals surface area contributed by atoms with Gasteiger partial charge in [0.2, 0.25) is 10.0 Å². The number of carbonyl (C=O) groups is 1. The van der Waals surface area contributed by atoms with Crippen molar-refractivity contribution in [2.24, 2.45) is 11.7 Å². The van der Waals surface area contributed by atoms with E-state index in [1.807, 2.05) is 13.8 Å². The number of hydrogen-bond acceptors (Lipinski definition) is 4. The van der Waals surface area contributed by atoms with E-state index in [2.05, 4.69) is 10.0 Å². The van der Waals surface area contributed by atoms with Crippen molar-refractivity contribution in [3.05, 3.63) is 29.8 Å². The Bertz CT molecular complexity index is 639. The molecule has 1 aromatic rings. The summed E-state index contributed by atoms with van der Waals surface area (Å²) in [5.41, 5.74) is 6.12. The van der Waals surface area contributed by atoms with E-state index >= 15 is 0 Å². The van der Waals surface area contributed by atoms with E-state index in [-0.39, 0.29) is 22.9 Å². The van der Waals surface area contributed by atoms with E-state index < -0.39 is 10.0 Å². The number of hydrogen-bond donors (Lipinski definition) is 3. The maximum Gasteiger partial charge on any atom is 0.251 e. The molecular weight excluding hydrogens is 314 g/mol. The quantitative estimate of drug-likeness (QED) is 0.663. The van der Waals surface area contributed by atoms with Crippen LogP contribution >= 0.6 is 0 Å². The number of nitrogens with two attached hydrogens (primary N) is 1. The molecule has 0 saturated heterocycles. The lowest BCUT2D eigenvalue weighted by Crippen LogP contribution is -2.41. The van der Waals surface area contributed by atoms with E-state index in [9.17, 15) is 13.2 Å². The Kier molecular flexibility index (Phi) is 5.78. The van der Waals surface area contributed by atoms with Gasteiger partial charge in [-0.25, -0.2) is 13.1 Å². The highest BCUT2D eigenvalue weighted by Crippen LogP contribution is 2.32. The summed E-state index contributed by atoms with van der Waals surface area (Å²) in [7, 11) is -3.55. The summed E-state index contributed by atoms with van der Waals surface area (Å²) in [6.07, 6.45) is 2.91. The second kappa shape index (κ2) is 7.42. The topological polar surface area (TPSA) is 101 Å². The predicted octanol–water partition coefficient (Wildman–Crippen LogP) is 1.23. The van der Waals surface area contributed by atoms with Gasteiger partial charge in [-0.15, -0.1) is 0 Å². The minimum atomic E-state index is -3.55. The number of amides is 1. The second-order valence-corrected chi connectivity index (χ2v) is 7.82. The molecule has 1 amide bonds. The summed E-state index contributed by atoms with van der Waals surface area (Å²) in [5.74, 6) is 0.259. The van der Waals surface area contributed by atoms with Crippen molar-refractivity contribution in [2.75, 3.05) is 6.54 Å². The molecule has 0 heterocycles. The zero-order valence-electron chi connectivity index (χ0n) is 13.6. The number of nitrogens with one attached hydrogen (secondary N) is 2. The molecule has 2 atom stereocenters. The van der Waals surface area contributed by atoms with E-state index in [4.69, 9.17) is 5.73 Å². The van der Waals surface area contributed by atoms with Crippen molar-refractivity contribution in [3.8, 4) is 0 Å². The van der Waals surface area contributed by atoms with Crippen LogP contribution in [0.5, 0.6) is 0 Å². The third-order valence-electron chi connectivity index (χ3n) is 4.16. The molecule has 1 saturated carbocycles. The van der Waals surface area contributed by atoms with E-state index in [1.54, 1.807) is 0 Å². The standard InChI is InChI=1S/C16H25N3O3S/c1-3-11(2)19-23(21,22)14-8-6-13(7-9-14)16(20)18-15(10-17)12-4-5-12/h6-9,11-12,15,19H,3-5,10,17H2,1-2H3,(H,18,20). The van der Waals surface area contributed by atoms with Crippen LogP contribution in [-0.4, -0.2) is 33.0 Å². The molecular formula is C16H25N3O3S. The zero-order valence-corrected chi connectivity index (χ0v) is 14.4. The Morgan fingerprint density at radius 3 is 2.39 bits per heavy atom. The first-order valence-electron chi connectivity index (χ1n) is 8.00. The molecule has 1 aliphatic rings. The first-order valence-corrected chi connectivity index (χ1v) is 9.49. The van der Waals surface area contributed by atoms with Gasteiger partial charge in [-0.05, 0) is 56.4 Å². The molecule has 2 unspecified atom stereocenters. The molecule has 1 aromatic carbocycles. The highest BCUT2D eigenvalue weighted by atomic mass is 32.2. The van der Waals surface area contributed by atoms with Crippen molar-refractivity contribution < 1.29 is 13.2 Å². The van der Waals surface area contributed by atoms with Crippen LogP contribution in [-0.2, 0) is 10.0 Å². The average molecular weight is 339 g/mol. The smallest absolute Gasteiger partial charge is 0.251 e. The maximum atomic E-state index is 12.2. The minimum Gasteiger partial charge on any atom is -0.348 e. The van der Waals surface area contributed by atoms with Crippen LogP contribution in [0, 0.1) is 5.92 Å². The van der Waals surface area contributed by atoms with Gasteiger partial charge in [0.1, 0.15) is 0 Å². The summed E-state index contributed by atoms with van der Waals surface area (Å²) in [5, 5.41) is 2.92. The van der Waals surface area contributed by atoms with Crippen LogP contribution in [0.25, 0.3) is 0 Å². The van der Waals surface area contributed by atoms with Gasteiger partial charge >= 0.3 is 0 Å². The summed E-state index contributed by atoms with van der Waals surface area (Å²) in [6.45, 7) is 4.14. The number of carbonyl (C=O) groups excluding carboxylic acids is 1. The van der Waals surface area contributed by atoms with Gasteiger partial charge < -0.3 is 11.1 Å². The van der Waals surface area contributed by atoms with E-state index in [1.165, 1.54) is 24.3 Å². The highest BCUT2D eigenvalue weighted by Gasteiger charge is 2.31. The molecule has 0 spiro atoms. The van der Waals surface area contributed by atoms with Crippen LogP contribution in [0.3, 0.4) is 0 Å². The molecule has 2 rings (SSSR count). The normalized spacial score (nSPS) is 17.5. The molecule has 6 nitrogen and oxygen atoms in total. The molecule has 128 valence electrons. The molecule has 0 aliphatic heterocycles. The van der Waals surface area contributed by atoms with Gasteiger partial charge in [-0.2, -0.15) is 0 Å². The van der Waals surface area contributed by atoms with Crippen molar-refractivity contribution in [2.45, 2.75) is 50.1 Å². The molecule has 4 N–H and O–H groups in total. The molecule has 1 aliphatic carbocycles. The van der Waals surface area contributed by atoms with Gasteiger partial charge in [0.15, 0.2) is 0 Å². The van der Waals surface area contributed by atoms with Crippen molar-refractivity contribution in [3.63, 3.8) is 0 Å². The third-order valence-corrected chi connectivity index (χ3v) is 5.76. The fraction of sp³-hybridized carbons (Fsp3) is 0.562. The molecule has 23 heavy (non-hydrogen) atoms. The molecule has 7 heteroatoms. The summed E-state index contributed by atoms with van der Waals surface area (Å²) < 4.78 is 26.9. The Morgan fingerprint density at radius 2 is 1.91 bits per heavy atom. The Morgan fingerprint density at radius 1 is 1.30 bits per heavy atom. The SMILES string of the molecule is CCC(C)NS(=O)(=O)c1ccc(C(=O)NC(CN)C2CC2)cc1. The summed E-state index contributed by atoms with van der Waals surface area (Å²) in [6, 6.07) is 5.83. The number of rotatable bonds is 8. The molecule has 1 fully saturated rings. The predicted molar refractivity (Wildman–Crippen MR) is 89.5 cm³/mol. The fourth-order valence-electron chi connectivity index (χ4n) is 2.32. The van der Waals surface area contributed by atoms with Crippen molar-refractivity contribution in [1.82, 2.24) is 10.0 Å². The lowest BCUT2D eigenvalue weighted by Gasteiger charge is -2.16. The van der Waals surface area contributed by atoms with Crippen LogP contribution in [0.2, 0.25) is 0 Å². The first kappa shape index (κ1) is 17.9. The van der Waals surface area contributed by atoms with Gasteiger partial charge in [-0.1, -0.05) is 6.92 Å². The van der Waals surface area contributed by atoms with Gasteiger partial charge in [0.25, 0.3) is 5.91 Å². The number of benzene rings is 1. The molecule has 0 aromatic heterocycles. The zero-order chi connectivity index (χ0) is 17.0. The lowest BCUT2D eigenvalue weighted by molar-refractivity contribution is 0.0933. The Labute approximate surface area is 137 Å². The van der Waals surface area contributed by atoms with Crippen molar-refractivity contribution in [1.29, 1.82) is 0 Å². The second-order valence-electron chi connectivity index (χ2n) is 6.11. The van der Waals surface area contributed by atoms with Gasteiger partial charge in [-0.3, -0.25) is 4.79 Å². The van der Waals surface area contributed by atoms with Crippen molar-refractivity contribution >= 4 is 15.9 Å².